The summed E-state index contributed by atoms with van der Waals surface area (Å²) in [5.41, 5.74) is -0.0987. The Kier molecular flexibility index (Phi) is 12.0. The van der Waals surface area contributed by atoms with Crippen molar-refractivity contribution in [1.82, 2.24) is 4.90 Å². The molecule has 1 aliphatic carbocycles. The number of hydrogen-bond acceptors (Lipinski definition) is 11. The lowest BCUT2D eigenvalue weighted by Crippen LogP contribution is -2.55. The SMILES string of the molecule is CCC=CC=C(C)CC(=O)OC(C)(C)CCCC(O)(CC(=O)OC)C(=O)OC1C(OC)=CC2CCCN3CCc4cc5c(cc4C1C23)OCO5. The van der Waals surface area contributed by atoms with E-state index in [2.05, 4.69) is 11.0 Å². The second kappa shape index (κ2) is 16.0. The maximum atomic E-state index is 14.2. The van der Waals surface area contributed by atoms with Gasteiger partial charge in [-0.3, -0.25) is 14.5 Å². The van der Waals surface area contributed by atoms with E-state index in [0.29, 0.717) is 23.7 Å². The van der Waals surface area contributed by atoms with Gasteiger partial charge in [-0.25, -0.2) is 4.79 Å². The second-order valence-corrected chi connectivity index (χ2v) is 14.5. The summed E-state index contributed by atoms with van der Waals surface area (Å²) >= 11 is 0. The highest BCUT2D eigenvalue weighted by atomic mass is 16.7. The standard InChI is InChI=1S/C39H53NO10/c1-7-8-9-12-25(2)19-32(41)50-38(3,4)15-11-16-39(44,23-33(42)46-6)37(43)49-36-31(45-5)21-27-13-10-17-40-18-14-26-20-29-30(48-24-47-29)22-28(26)34(36)35(27)40/h8-9,12,20-22,27,34-36,44H,7,10-11,13-19,23-24H2,1-6H3. The van der Waals surface area contributed by atoms with Crippen LogP contribution in [0.25, 0.3) is 0 Å². The van der Waals surface area contributed by atoms with Gasteiger partial charge in [0.05, 0.1) is 27.1 Å². The van der Waals surface area contributed by atoms with Gasteiger partial charge in [0.25, 0.3) is 0 Å². The summed E-state index contributed by atoms with van der Waals surface area (Å²) in [7, 11) is 2.77. The lowest BCUT2D eigenvalue weighted by molar-refractivity contribution is -0.180. The average Bonchev–Trinajstić information content (AvgIpc) is 3.46. The van der Waals surface area contributed by atoms with Gasteiger partial charge >= 0.3 is 17.9 Å². The summed E-state index contributed by atoms with van der Waals surface area (Å²) in [4.78, 5) is 41.9. The fourth-order valence-electron chi connectivity index (χ4n) is 7.83. The molecule has 50 heavy (non-hydrogen) atoms. The van der Waals surface area contributed by atoms with Crippen molar-refractivity contribution in [3.05, 3.63) is 58.9 Å². The molecule has 1 aromatic carbocycles. The summed E-state index contributed by atoms with van der Waals surface area (Å²) in [6, 6.07) is 4.06. The summed E-state index contributed by atoms with van der Waals surface area (Å²) in [6.45, 7) is 9.41. The fraction of sp³-hybridized carbons (Fsp3) is 0.615. The van der Waals surface area contributed by atoms with Gasteiger partial charge in [0, 0.05) is 18.5 Å². The number of methoxy groups -OCH3 is 2. The van der Waals surface area contributed by atoms with Gasteiger partial charge in [0.15, 0.2) is 23.2 Å². The number of nitrogens with zero attached hydrogens (tertiary/aromatic N) is 1. The molecule has 274 valence electrons. The van der Waals surface area contributed by atoms with Crippen LogP contribution in [0.15, 0.2) is 47.8 Å². The van der Waals surface area contributed by atoms with Crippen LogP contribution in [0, 0.1) is 5.92 Å². The Hall–Kier alpha value is -3.83. The van der Waals surface area contributed by atoms with Gasteiger partial charge in [-0.2, -0.15) is 0 Å². The lowest BCUT2D eigenvalue weighted by atomic mass is 9.71. The molecular weight excluding hydrogens is 642 g/mol. The minimum Gasteiger partial charge on any atom is -0.497 e. The molecule has 1 fully saturated rings. The van der Waals surface area contributed by atoms with Crippen molar-refractivity contribution in [1.29, 1.82) is 0 Å². The van der Waals surface area contributed by atoms with Crippen LogP contribution in [0.4, 0.5) is 0 Å². The lowest BCUT2D eigenvalue weighted by Gasteiger charge is -2.48. The number of carbonyl (C=O) groups is 3. The number of aliphatic hydroxyl groups is 1. The molecule has 0 saturated carbocycles. The van der Waals surface area contributed by atoms with Gasteiger partial charge in [-0.1, -0.05) is 30.7 Å². The van der Waals surface area contributed by atoms with E-state index in [-0.39, 0.29) is 49.9 Å². The number of hydrogen-bond donors (Lipinski definition) is 1. The zero-order valence-electron chi connectivity index (χ0n) is 30.3. The van der Waals surface area contributed by atoms with E-state index in [1.54, 1.807) is 21.0 Å². The molecule has 4 aliphatic rings. The molecule has 1 saturated heterocycles. The van der Waals surface area contributed by atoms with Gasteiger partial charge in [0.1, 0.15) is 11.4 Å². The van der Waals surface area contributed by atoms with Crippen molar-refractivity contribution in [3.8, 4) is 11.5 Å². The van der Waals surface area contributed by atoms with E-state index in [4.69, 9.17) is 28.4 Å². The predicted molar refractivity (Wildman–Crippen MR) is 185 cm³/mol. The molecule has 5 atom stereocenters. The van der Waals surface area contributed by atoms with E-state index in [0.717, 1.165) is 55.5 Å². The van der Waals surface area contributed by atoms with E-state index < -0.39 is 35.7 Å². The molecule has 11 heteroatoms. The van der Waals surface area contributed by atoms with Gasteiger partial charge in [-0.05, 0) is 108 Å². The minimum absolute atomic E-state index is 0.0346. The monoisotopic (exact) mass is 695 g/mol. The minimum atomic E-state index is -2.19. The molecule has 1 N–H and O–H groups in total. The molecule has 0 amide bonds. The third-order valence-corrected chi connectivity index (χ3v) is 10.3. The predicted octanol–water partition coefficient (Wildman–Crippen LogP) is 5.68. The first-order valence-corrected chi connectivity index (χ1v) is 17.8. The Morgan fingerprint density at radius 3 is 2.56 bits per heavy atom. The quantitative estimate of drug-likeness (QED) is 0.147. The van der Waals surface area contributed by atoms with Crippen molar-refractivity contribution in [2.45, 2.75) is 115 Å². The highest BCUT2D eigenvalue weighted by molar-refractivity contribution is 5.86. The van der Waals surface area contributed by atoms with Crippen LogP contribution < -0.4 is 9.47 Å². The first-order valence-electron chi connectivity index (χ1n) is 17.8. The molecular formula is C39H53NO10. The van der Waals surface area contributed by atoms with E-state index >= 15 is 0 Å². The number of benzene rings is 1. The fourth-order valence-corrected chi connectivity index (χ4v) is 7.83. The van der Waals surface area contributed by atoms with Crippen LogP contribution in [0.1, 0.15) is 96.1 Å². The normalized spacial score (nSPS) is 24.3. The number of rotatable bonds is 14. The van der Waals surface area contributed by atoms with Crippen molar-refractivity contribution in [2.24, 2.45) is 5.92 Å². The molecule has 5 unspecified atom stereocenters. The highest BCUT2D eigenvalue weighted by Gasteiger charge is 2.52. The molecule has 0 aromatic heterocycles. The smallest absolute Gasteiger partial charge is 0.339 e. The van der Waals surface area contributed by atoms with E-state index in [1.807, 2.05) is 44.2 Å². The van der Waals surface area contributed by atoms with Gasteiger partial charge in [0.2, 0.25) is 6.79 Å². The first-order chi connectivity index (χ1) is 23.9. The van der Waals surface area contributed by atoms with Crippen LogP contribution >= 0.6 is 0 Å². The largest absolute Gasteiger partial charge is 0.497 e. The zero-order valence-corrected chi connectivity index (χ0v) is 30.3. The van der Waals surface area contributed by atoms with Crippen molar-refractivity contribution in [2.75, 3.05) is 34.1 Å². The van der Waals surface area contributed by atoms with Crippen LogP contribution in [0.2, 0.25) is 0 Å². The van der Waals surface area contributed by atoms with Crippen LogP contribution in [0.3, 0.4) is 0 Å². The molecule has 3 heterocycles. The molecule has 11 nitrogen and oxygen atoms in total. The van der Waals surface area contributed by atoms with Gasteiger partial charge < -0.3 is 33.5 Å². The third kappa shape index (κ3) is 8.54. The Balaban J connectivity index is 1.36. The van der Waals surface area contributed by atoms with Crippen molar-refractivity contribution >= 4 is 17.9 Å². The molecule has 0 bridgehead atoms. The number of piperidine rings is 1. The van der Waals surface area contributed by atoms with Crippen LogP contribution in [0.5, 0.6) is 11.5 Å². The number of fused-ring (bicyclic) bond motifs is 3. The Labute approximate surface area is 295 Å². The Morgan fingerprint density at radius 1 is 1.08 bits per heavy atom. The maximum Gasteiger partial charge on any atom is 0.339 e. The van der Waals surface area contributed by atoms with E-state index in [9.17, 15) is 19.5 Å². The Morgan fingerprint density at radius 2 is 1.84 bits per heavy atom. The number of allylic oxidation sites excluding steroid dienone is 3. The third-order valence-electron chi connectivity index (χ3n) is 10.3. The topological polar surface area (TPSA) is 130 Å². The number of carbonyl (C=O) groups excluding carboxylic acids is 3. The molecule has 5 rings (SSSR count). The molecule has 0 spiro atoms. The number of esters is 3. The van der Waals surface area contributed by atoms with Crippen LogP contribution in [-0.2, 0) is 39.8 Å². The summed E-state index contributed by atoms with van der Waals surface area (Å²) in [6.07, 6.45) is 10.8. The average molecular weight is 696 g/mol. The summed E-state index contributed by atoms with van der Waals surface area (Å²) < 4.78 is 34.4. The van der Waals surface area contributed by atoms with Crippen molar-refractivity contribution in [3.63, 3.8) is 0 Å². The first kappa shape index (κ1) is 37.4. The summed E-state index contributed by atoms with van der Waals surface area (Å²) in [5.74, 6) is -0.314. The molecule has 0 radical (unpaired) electrons. The van der Waals surface area contributed by atoms with Crippen LogP contribution in [-0.4, -0.2) is 85.4 Å². The van der Waals surface area contributed by atoms with Gasteiger partial charge in [-0.15, -0.1) is 0 Å². The molecule has 1 aromatic rings. The maximum absolute atomic E-state index is 14.2. The summed E-state index contributed by atoms with van der Waals surface area (Å²) in [5, 5.41) is 11.9. The molecule has 3 aliphatic heterocycles. The Bertz CT molecular complexity index is 1510. The zero-order chi connectivity index (χ0) is 36.1. The van der Waals surface area contributed by atoms with E-state index in [1.165, 1.54) is 7.11 Å². The highest BCUT2D eigenvalue weighted by Crippen LogP contribution is 2.50. The number of ether oxygens (including phenoxy) is 6. The second-order valence-electron chi connectivity index (χ2n) is 14.5. The van der Waals surface area contributed by atoms with Crippen molar-refractivity contribution < 1.29 is 47.9 Å².